The van der Waals surface area contributed by atoms with Gasteiger partial charge in [-0.2, -0.15) is 0 Å². The number of nitrogens with one attached hydrogen (secondary N) is 1. The third kappa shape index (κ3) is 2.55. The molecule has 0 aromatic rings. The van der Waals surface area contributed by atoms with Gasteiger partial charge in [0.2, 0.25) is 0 Å². The summed E-state index contributed by atoms with van der Waals surface area (Å²) in [6.07, 6.45) is 2.68. The Morgan fingerprint density at radius 2 is 2.28 bits per heavy atom. The highest BCUT2D eigenvalue weighted by atomic mass is 16.7. The van der Waals surface area contributed by atoms with Crippen LogP contribution in [-0.2, 0) is 14.0 Å². The molecule has 18 heavy (non-hydrogen) atoms. The number of rotatable bonds is 3. The quantitative estimate of drug-likeness (QED) is 0.733. The van der Waals surface area contributed by atoms with E-state index in [0.29, 0.717) is 12.4 Å². The van der Waals surface area contributed by atoms with Gasteiger partial charge in [-0.05, 0) is 40.0 Å². The van der Waals surface area contributed by atoms with Crippen LogP contribution in [0.1, 0.15) is 27.7 Å². The Kier molecular flexibility index (Phi) is 3.70. The van der Waals surface area contributed by atoms with Crippen molar-refractivity contribution in [3.8, 4) is 0 Å². The van der Waals surface area contributed by atoms with Gasteiger partial charge in [-0.3, -0.25) is 0 Å². The summed E-state index contributed by atoms with van der Waals surface area (Å²) < 4.78 is 17.0. The third-order valence-electron chi connectivity index (χ3n) is 3.29. The number of dihydropyridines is 1. The van der Waals surface area contributed by atoms with Crippen molar-refractivity contribution in [1.82, 2.24) is 5.32 Å². The second-order valence-electron chi connectivity index (χ2n) is 5.02. The molecule has 0 bridgehead atoms. The normalized spacial score (nSPS) is 30.6. The van der Waals surface area contributed by atoms with Gasteiger partial charge in [0.15, 0.2) is 6.23 Å². The molecule has 0 amide bonds. The van der Waals surface area contributed by atoms with Crippen LogP contribution in [-0.4, -0.2) is 36.8 Å². The third-order valence-corrected chi connectivity index (χ3v) is 3.29. The molecule has 2 unspecified atom stereocenters. The van der Waals surface area contributed by atoms with Gasteiger partial charge in [-0.15, -0.1) is 0 Å². The number of hydrogen-bond donors (Lipinski definition) is 2. The van der Waals surface area contributed by atoms with Crippen molar-refractivity contribution in [3.63, 3.8) is 0 Å². The van der Waals surface area contributed by atoms with Crippen LogP contribution in [0.15, 0.2) is 23.5 Å². The minimum atomic E-state index is -0.805. The van der Waals surface area contributed by atoms with Crippen molar-refractivity contribution in [3.05, 3.63) is 23.5 Å². The minimum Gasteiger partial charge on any atom is -0.493 e. The summed E-state index contributed by atoms with van der Waals surface area (Å²) in [6, 6.07) is 0. The van der Waals surface area contributed by atoms with E-state index >= 15 is 0 Å². The van der Waals surface area contributed by atoms with E-state index in [4.69, 9.17) is 14.0 Å². The predicted octanol–water partition coefficient (Wildman–Crippen LogP) is 0.954. The summed E-state index contributed by atoms with van der Waals surface area (Å²) in [7, 11) is -0.426. The van der Waals surface area contributed by atoms with E-state index in [-0.39, 0.29) is 11.7 Å². The SMILES string of the molecule is CCOC1=CC(B2OC(C)C(C)(C)O2)=CNC1O. The molecule has 1 saturated heterocycles. The Labute approximate surface area is 108 Å². The fourth-order valence-electron chi connectivity index (χ4n) is 1.86. The number of allylic oxidation sites excluding steroid dienone is 2. The maximum atomic E-state index is 9.68. The van der Waals surface area contributed by atoms with Gasteiger partial charge in [0.25, 0.3) is 0 Å². The molecule has 2 heterocycles. The zero-order valence-electron chi connectivity index (χ0n) is 11.3. The van der Waals surface area contributed by atoms with E-state index in [9.17, 15) is 5.11 Å². The lowest BCUT2D eigenvalue weighted by Crippen LogP contribution is -2.34. The molecule has 0 aromatic carbocycles. The van der Waals surface area contributed by atoms with Crippen molar-refractivity contribution in [2.24, 2.45) is 0 Å². The average Bonchev–Trinajstić information content (AvgIpc) is 2.57. The molecular weight excluding hydrogens is 233 g/mol. The second kappa shape index (κ2) is 4.95. The van der Waals surface area contributed by atoms with Crippen molar-refractivity contribution in [2.75, 3.05) is 6.61 Å². The zero-order valence-corrected chi connectivity index (χ0v) is 11.3. The van der Waals surface area contributed by atoms with Gasteiger partial charge in [-0.1, -0.05) is 0 Å². The molecule has 2 atom stereocenters. The molecule has 0 radical (unpaired) electrons. The second-order valence-corrected chi connectivity index (χ2v) is 5.02. The first-order valence-corrected chi connectivity index (χ1v) is 6.26. The van der Waals surface area contributed by atoms with Crippen LogP contribution < -0.4 is 5.32 Å². The van der Waals surface area contributed by atoms with Crippen LogP contribution >= 0.6 is 0 Å². The maximum absolute atomic E-state index is 9.68. The summed E-state index contributed by atoms with van der Waals surface area (Å²) >= 11 is 0. The first-order valence-electron chi connectivity index (χ1n) is 6.26. The summed E-state index contributed by atoms with van der Waals surface area (Å²) in [6.45, 7) is 8.36. The smallest absolute Gasteiger partial charge is 0.493 e. The Morgan fingerprint density at radius 3 is 2.83 bits per heavy atom. The van der Waals surface area contributed by atoms with E-state index in [1.807, 2.05) is 27.7 Å². The Morgan fingerprint density at radius 1 is 1.56 bits per heavy atom. The fraction of sp³-hybridized carbons (Fsp3) is 0.667. The van der Waals surface area contributed by atoms with Crippen LogP contribution in [0.2, 0.25) is 0 Å². The van der Waals surface area contributed by atoms with E-state index in [1.54, 1.807) is 12.3 Å². The standard InChI is InChI=1S/C12H20BNO4/c1-5-16-10-6-9(7-14-11(10)15)13-17-8(2)12(3,4)18-13/h6-8,11,14-15H,5H2,1-4H3. The Hall–Kier alpha value is -0.975. The van der Waals surface area contributed by atoms with Gasteiger partial charge in [0.05, 0.1) is 18.3 Å². The largest absolute Gasteiger partial charge is 0.496 e. The highest BCUT2D eigenvalue weighted by Gasteiger charge is 2.45. The average molecular weight is 253 g/mol. The van der Waals surface area contributed by atoms with E-state index in [2.05, 4.69) is 5.32 Å². The van der Waals surface area contributed by atoms with Crippen molar-refractivity contribution in [2.45, 2.75) is 45.6 Å². The van der Waals surface area contributed by atoms with E-state index < -0.39 is 13.3 Å². The Balaban J connectivity index is 2.11. The molecular formula is C12H20BNO4. The molecule has 0 aromatic heterocycles. The number of aliphatic hydroxyl groups excluding tert-OH is 1. The first-order chi connectivity index (χ1) is 8.44. The topological polar surface area (TPSA) is 60.0 Å². The van der Waals surface area contributed by atoms with Crippen LogP contribution in [0.25, 0.3) is 0 Å². The molecule has 2 aliphatic rings. The van der Waals surface area contributed by atoms with Crippen LogP contribution in [0.5, 0.6) is 0 Å². The summed E-state index contributed by atoms with van der Waals surface area (Å²) in [5.41, 5.74) is 0.502. The van der Waals surface area contributed by atoms with E-state index in [0.717, 1.165) is 5.47 Å². The van der Waals surface area contributed by atoms with Crippen LogP contribution in [0.3, 0.4) is 0 Å². The molecule has 100 valence electrons. The summed E-state index contributed by atoms with van der Waals surface area (Å²) in [5.74, 6) is 0.486. The molecule has 5 nitrogen and oxygen atoms in total. The monoisotopic (exact) mass is 253 g/mol. The van der Waals surface area contributed by atoms with Gasteiger partial charge in [0.1, 0.15) is 5.76 Å². The predicted molar refractivity (Wildman–Crippen MR) is 68.4 cm³/mol. The molecule has 2 N–H and O–H groups in total. The maximum Gasteiger partial charge on any atom is 0.496 e. The lowest BCUT2D eigenvalue weighted by atomic mass is 9.77. The molecule has 1 fully saturated rings. The summed E-state index contributed by atoms with van der Waals surface area (Å²) in [4.78, 5) is 0. The molecule has 0 aliphatic carbocycles. The number of ether oxygens (including phenoxy) is 1. The first kappa shape index (κ1) is 13.5. The molecule has 2 aliphatic heterocycles. The number of aliphatic hydroxyl groups is 1. The highest BCUT2D eigenvalue weighted by Crippen LogP contribution is 2.31. The Bertz CT molecular complexity index is 380. The molecule has 0 saturated carbocycles. The van der Waals surface area contributed by atoms with Gasteiger partial charge in [-0.25, -0.2) is 0 Å². The fourth-order valence-corrected chi connectivity index (χ4v) is 1.86. The van der Waals surface area contributed by atoms with Crippen molar-refractivity contribution in [1.29, 1.82) is 0 Å². The highest BCUT2D eigenvalue weighted by molar-refractivity contribution is 6.55. The zero-order chi connectivity index (χ0) is 13.3. The van der Waals surface area contributed by atoms with Gasteiger partial charge >= 0.3 is 7.12 Å². The molecule has 0 spiro atoms. The lowest BCUT2D eigenvalue weighted by Gasteiger charge is -2.23. The van der Waals surface area contributed by atoms with E-state index in [1.165, 1.54) is 0 Å². The van der Waals surface area contributed by atoms with Crippen LogP contribution in [0, 0.1) is 0 Å². The minimum absolute atomic E-state index is 0.0131. The summed E-state index contributed by atoms with van der Waals surface area (Å²) in [5, 5.41) is 12.5. The van der Waals surface area contributed by atoms with Gasteiger partial charge in [0, 0.05) is 5.47 Å². The lowest BCUT2D eigenvalue weighted by molar-refractivity contribution is 0.0839. The van der Waals surface area contributed by atoms with Crippen molar-refractivity contribution >= 4 is 7.12 Å². The van der Waals surface area contributed by atoms with Gasteiger partial charge < -0.3 is 24.5 Å². The number of hydrogen-bond acceptors (Lipinski definition) is 5. The molecule has 6 heteroatoms. The van der Waals surface area contributed by atoms with Crippen LogP contribution in [0.4, 0.5) is 0 Å². The van der Waals surface area contributed by atoms with Crippen molar-refractivity contribution < 1.29 is 19.2 Å². The molecule has 2 rings (SSSR count).